The lowest BCUT2D eigenvalue weighted by Gasteiger charge is -2.30. The summed E-state index contributed by atoms with van der Waals surface area (Å²) < 4.78 is 0. The molecule has 2 aromatic rings. The molecule has 4 nitrogen and oxygen atoms in total. The molecule has 2 saturated heterocycles. The van der Waals surface area contributed by atoms with Crippen LogP contribution < -0.4 is 9.80 Å². The third-order valence-corrected chi connectivity index (χ3v) is 5.87. The number of piperidine rings is 1. The number of thiazole rings is 1. The molecule has 1 aromatic heterocycles. The van der Waals surface area contributed by atoms with E-state index in [2.05, 4.69) is 29.3 Å². The summed E-state index contributed by atoms with van der Waals surface area (Å²) in [6.45, 7) is 5.39. The Bertz CT molecular complexity index is 724. The van der Waals surface area contributed by atoms with E-state index < -0.39 is 0 Å². The van der Waals surface area contributed by atoms with Crippen molar-refractivity contribution in [3.8, 4) is 11.3 Å². The number of carbonyl (C=O) groups is 1. The van der Waals surface area contributed by atoms with E-state index in [1.165, 1.54) is 12.8 Å². The highest BCUT2D eigenvalue weighted by Gasteiger charge is 2.22. The predicted octanol–water partition coefficient (Wildman–Crippen LogP) is 4.17. The molecule has 0 bridgehead atoms. The number of hydrogen-bond donors (Lipinski definition) is 0. The SMILES string of the molecule is C[C@@H]1CCCN(c2nc(-c3ccc(N4CCCC4=O)cc3)cs2)C1. The number of nitrogens with zero attached hydrogens (tertiary/aromatic N) is 3. The van der Waals surface area contributed by atoms with Crippen molar-refractivity contribution in [3.63, 3.8) is 0 Å². The van der Waals surface area contributed by atoms with E-state index in [0.717, 1.165) is 54.0 Å². The fourth-order valence-electron chi connectivity index (χ4n) is 3.64. The minimum atomic E-state index is 0.234. The molecule has 2 aliphatic heterocycles. The van der Waals surface area contributed by atoms with Crippen molar-refractivity contribution >= 4 is 28.1 Å². The van der Waals surface area contributed by atoms with E-state index in [1.807, 2.05) is 17.0 Å². The summed E-state index contributed by atoms with van der Waals surface area (Å²) in [5.41, 5.74) is 3.16. The van der Waals surface area contributed by atoms with E-state index in [1.54, 1.807) is 11.3 Å². The van der Waals surface area contributed by atoms with Crippen molar-refractivity contribution in [3.05, 3.63) is 29.6 Å². The van der Waals surface area contributed by atoms with E-state index in [-0.39, 0.29) is 5.91 Å². The zero-order valence-corrected chi connectivity index (χ0v) is 14.9. The van der Waals surface area contributed by atoms with Crippen LogP contribution in [0.3, 0.4) is 0 Å². The quantitative estimate of drug-likeness (QED) is 0.840. The van der Waals surface area contributed by atoms with E-state index in [9.17, 15) is 4.79 Å². The van der Waals surface area contributed by atoms with Crippen molar-refractivity contribution in [2.24, 2.45) is 5.92 Å². The van der Waals surface area contributed by atoms with Gasteiger partial charge in [0.1, 0.15) is 0 Å². The lowest BCUT2D eigenvalue weighted by atomic mass is 10.0. The Morgan fingerprint density at radius 2 is 2.00 bits per heavy atom. The van der Waals surface area contributed by atoms with Crippen LogP contribution >= 0.6 is 11.3 Å². The Hall–Kier alpha value is -1.88. The molecule has 2 fully saturated rings. The molecule has 0 unspecified atom stereocenters. The number of aromatic nitrogens is 1. The van der Waals surface area contributed by atoms with Crippen molar-refractivity contribution in [1.82, 2.24) is 4.98 Å². The molecule has 0 radical (unpaired) electrons. The predicted molar refractivity (Wildman–Crippen MR) is 99.7 cm³/mol. The lowest BCUT2D eigenvalue weighted by Crippen LogP contribution is -2.34. The highest BCUT2D eigenvalue weighted by molar-refractivity contribution is 7.14. The second-order valence-electron chi connectivity index (χ2n) is 6.90. The topological polar surface area (TPSA) is 36.4 Å². The van der Waals surface area contributed by atoms with Crippen LogP contribution in [0, 0.1) is 5.92 Å². The van der Waals surface area contributed by atoms with Crippen LogP contribution in [0.1, 0.15) is 32.6 Å². The maximum Gasteiger partial charge on any atom is 0.227 e. The first-order valence-electron chi connectivity index (χ1n) is 8.82. The summed E-state index contributed by atoms with van der Waals surface area (Å²) >= 11 is 1.73. The molecular weight excluding hydrogens is 318 g/mol. The monoisotopic (exact) mass is 341 g/mol. The van der Waals surface area contributed by atoms with Gasteiger partial charge < -0.3 is 9.80 Å². The molecule has 1 aromatic carbocycles. The fourth-order valence-corrected chi connectivity index (χ4v) is 4.51. The summed E-state index contributed by atoms with van der Waals surface area (Å²) in [5.74, 6) is 0.987. The molecule has 0 N–H and O–H groups in total. The summed E-state index contributed by atoms with van der Waals surface area (Å²) in [4.78, 5) is 21.0. The van der Waals surface area contributed by atoms with E-state index in [0.29, 0.717) is 6.42 Å². The van der Waals surface area contributed by atoms with Crippen molar-refractivity contribution in [1.29, 1.82) is 0 Å². The molecule has 24 heavy (non-hydrogen) atoms. The smallest absolute Gasteiger partial charge is 0.227 e. The van der Waals surface area contributed by atoms with Gasteiger partial charge in [0.25, 0.3) is 0 Å². The van der Waals surface area contributed by atoms with E-state index >= 15 is 0 Å². The molecule has 1 atom stereocenters. The minimum Gasteiger partial charge on any atom is -0.348 e. The second-order valence-corrected chi connectivity index (χ2v) is 7.74. The Morgan fingerprint density at radius 3 is 2.71 bits per heavy atom. The number of hydrogen-bond acceptors (Lipinski definition) is 4. The Morgan fingerprint density at radius 1 is 1.17 bits per heavy atom. The largest absolute Gasteiger partial charge is 0.348 e. The number of rotatable bonds is 3. The first kappa shape index (κ1) is 15.6. The van der Waals surface area contributed by atoms with Crippen LogP contribution in [0.2, 0.25) is 0 Å². The van der Waals surface area contributed by atoms with Gasteiger partial charge in [-0.3, -0.25) is 4.79 Å². The van der Waals surface area contributed by atoms with Gasteiger partial charge in [0.05, 0.1) is 5.69 Å². The number of amides is 1. The normalized spacial score (nSPS) is 21.5. The van der Waals surface area contributed by atoms with Crippen LogP contribution in [0.5, 0.6) is 0 Å². The Labute approximate surface area is 147 Å². The average molecular weight is 341 g/mol. The van der Waals surface area contributed by atoms with Gasteiger partial charge in [0, 0.05) is 42.7 Å². The van der Waals surface area contributed by atoms with Crippen LogP contribution in [0.15, 0.2) is 29.6 Å². The molecule has 5 heteroatoms. The molecule has 126 valence electrons. The number of benzene rings is 1. The Kier molecular flexibility index (Phi) is 4.27. The van der Waals surface area contributed by atoms with Crippen molar-refractivity contribution < 1.29 is 4.79 Å². The second kappa shape index (κ2) is 6.55. The lowest BCUT2D eigenvalue weighted by molar-refractivity contribution is -0.117. The molecule has 3 heterocycles. The van der Waals surface area contributed by atoms with Gasteiger partial charge in [-0.2, -0.15) is 0 Å². The Balaban J connectivity index is 1.51. The molecular formula is C19H23N3OS. The summed E-state index contributed by atoms with van der Waals surface area (Å²) in [7, 11) is 0. The van der Waals surface area contributed by atoms with Gasteiger partial charge in [-0.1, -0.05) is 19.1 Å². The zero-order chi connectivity index (χ0) is 16.5. The third kappa shape index (κ3) is 3.05. The van der Waals surface area contributed by atoms with Crippen LogP contribution in [-0.4, -0.2) is 30.5 Å². The fraction of sp³-hybridized carbons (Fsp3) is 0.474. The molecule has 2 aliphatic rings. The number of carbonyl (C=O) groups excluding carboxylic acids is 1. The molecule has 0 spiro atoms. The van der Waals surface area contributed by atoms with Crippen LogP contribution in [0.25, 0.3) is 11.3 Å². The molecule has 0 saturated carbocycles. The molecule has 0 aliphatic carbocycles. The van der Waals surface area contributed by atoms with Gasteiger partial charge in [0.15, 0.2) is 5.13 Å². The van der Waals surface area contributed by atoms with Gasteiger partial charge in [-0.25, -0.2) is 4.98 Å². The van der Waals surface area contributed by atoms with Gasteiger partial charge in [-0.05, 0) is 37.3 Å². The highest BCUT2D eigenvalue weighted by atomic mass is 32.1. The van der Waals surface area contributed by atoms with Gasteiger partial charge in [-0.15, -0.1) is 11.3 Å². The average Bonchev–Trinajstić information content (AvgIpc) is 3.24. The first-order valence-corrected chi connectivity index (χ1v) is 9.70. The van der Waals surface area contributed by atoms with Crippen LogP contribution in [-0.2, 0) is 4.79 Å². The minimum absolute atomic E-state index is 0.234. The van der Waals surface area contributed by atoms with Crippen LogP contribution in [0.4, 0.5) is 10.8 Å². The standard InChI is InChI=1S/C19H23N3OS/c1-14-4-2-10-21(12-14)19-20-17(13-24-19)15-6-8-16(9-7-15)22-11-3-5-18(22)23/h6-9,13-14H,2-5,10-12H2,1H3/t14-/m1/s1. The summed E-state index contributed by atoms with van der Waals surface area (Å²) in [6, 6.07) is 8.25. The highest BCUT2D eigenvalue weighted by Crippen LogP contribution is 2.31. The maximum absolute atomic E-state index is 11.8. The third-order valence-electron chi connectivity index (χ3n) is 4.97. The van der Waals surface area contributed by atoms with Gasteiger partial charge >= 0.3 is 0 Å². The number of anilines is 2. The van der Waals surface area contributed by atoms with E-state index in [4.69, 9.17) is 4.98 Å². The summed E-state index contributed by atoms with van der Waals surface area (Å²) in [6.07, 6.45) is 4.22. The maximum atomic E-state index is 11.8. The zero-order valence-electron chi connectivity index (χ0n) is 14.1. The summed E-state index contributed by atoms with van der Waals surface area (Å²) in [5, 5.41) is 3.28. The van der Waals surface area contributed by atoms with Crippen molar-refractivity contribution in [2.75, 3.05) is 29.4 Å². The molecule has 4 rings (SSSR count). The van der Waals surface area contributed by atoms with Gasteiger partial charge in [0.2, 0.25) is 5.91 Å². The first-order chi connectivity index (χ1) is 11.7. The molecule has 1 amide bonds. The van der Waals surface area contributed by atoms with Crippen molar-refractivity contribution in [2.45, 2.75) is 32.6 Å².